The number of hydrogen-bond donors (Lipinski definition) is 1. The maximum absolute atomic E-state index is 13.5. The average Bonchev–Trinajstić information content (AvgIpc) is 3.26. The third-order valence-electron chi connectivity index (χ3n) is 5.32. The lowest BCUT2D eigenvalue weighted by Crippen LogP contribution is -2.51. The summed E-state index contributed by atoms with van der Waals surface area (Å²) in [6.07, 6.45) is 3.53. The Balaban J connectivity index is 1.54. The minimum absolute atomic E-state index is 0.0220. The number of aromatic nitrogens is 2. The number of benzene rings is 1. The summed E-state index contributed by atoms with van der Waals surface area (Å²) >= 11 is 0. The van der Waals surface area contributed by atoms with Gasteiger partial charge in [0.25, 0.3) is 0 Å². The Labute approximate surface area is 160 Å². The van der Waals surface area contributed by atoms with E-state index in [2.05, 4.69) is 10.3 Å². The van der Waals surface area contributed by atoms with Crippen molar-refractivity contribution < 1.29 is 18.4 Å². The normalized spacial score (nSPS) is 22.8. The number of carbonyl (C=O) groups excluding carboxylic acids is 2. The first kappa shape index (κ1) is 18.5. The highest BCUT2D eigenvalue weighted by Gasteiger charge is 2.40. The number of piperazine rings is 1. The van der Waals surface area contributed by atoms with Gasteiger partial charge in [-0.05, 0) is 12.1 Å². The van der Waals surface area contributed by atoms with Gasteiger partial charge in [-0.15, -0.1) is 0 Å². The standard InChI is InChI=1S/C19H21F2N5O2/c1-24-4-3-23-18(24)16-10-22-2-5-25(16)19(28)12-6-17(27)26(11-12)15-8-13(20)7-14(21)9-15/h3-4,7-9,12,16,22H,2,5-6,10-11H2,1H3. The minimum atomic E-state index is -0.755. The number of hydrogen-bond acceptors (Lipinski definition) is 4. The first-order valence-corrected chi connectivity index (χ1v) is 9.19. The summed E-state index contributed by atoms with van der Waals surface area (Å²) in [4.78, 5) is 33.1. The molecule has 0 radical (unpaired) electrons. The van der Waals surface area contributed by atoms with Crippen molar-refractivity contribution in [2.75, 3.05) is 31.1 Å². The van der Waals surface area contributed by atoms with E-state index in [1.807, 2.05) is 17.8 Å². The Morgan fingerprint density at radius 2 is 2.00 bits per heavy atom. The lowest BCUT2D eigenvalue weighted by molar-refractivity contribution is -0.139. The van der Waals surface area contributed by atoms with Gasteiger partial charge in [-0.3, -0.25) is 9.59 Å². The van der Waals surface area contributed by atoms with Gasteiger partial charge < -0.3 is 19.7 Å². The molecule has 0 spiro atoms. The van der Waals surface area contributed by atoms with Crippen LogP contribution in [-0.2, 0) is 16.6 Å². The zero-order valence-corrected chi connectivity index (χ0v) is 15.4. The van der Waals surface area contributed by atoms with Crippen molar-refractivity contribution in [1.29, 1.82) is 0 Å². The second-order valence-electron chi connectivity index (χ2n) is 7.18. The second-order valence-corrected chi connectivity index (χ2v) is 7.18. The number of aryl methyl sites for hydroxylation is 1. The van der Waals surface area contributed by atoms with Gasteiger partial charge in [0.2, 0.25) is 11.8 Å². The van der Waals surface area contributed by atoms with Crippen LogP contribution in [0.15, 0.2) is 30.6 Å². The molecule has 1 N–H and O–H groups in total. The van der Waals surface area contributed by atoms with Gasteiger partial charge in [0.15, 0.2) is 0 Å². The molecule has 2 atom stereocenters. The lowest BCUT2D eigenvalue weighted by atomic mass is 10.0. The average molecular weight is 389 g/mol. The third kappa shape index (κ3) is 3.37. The number of halogens is 2. The first-order valence-electron chi connectivity index (χ1n) is 9.19. The van der Waals surface area contributed by atoms with Crippen LogP contribution in [-0.4, -0.2) is 52.4 Å². The van der Waals surface area contributed by atoms with Crippen molar-refractivity contribution >= 4 is 17.5 Å². The Hall–Kier alpha value is -2.81. The second kappa shape index (κ2) is 7.31. The van der Waals surface area contributed by atoms with Crippen LogP contribution in [0, 0.1) is 17.6 Å². The van der Waals surface area contributed by atoms with Gasteiger partial charge in [0.1, 0.15) is 23.5 Å². The number of carbonyl (C=O) groups is 2. The summed E-state index contributed by atoms with van der Waals surface area (Å²) in [5.41, 5.74) is 0.138. The van der Waals surface area contributed by atoms with Crippen LogP contribution in [0.2, 0.25) is 0 Å². The molecule has 2 aromatic rings. The predicted molar refractivity (Wildman–Crippen MR) is 97.3 cm³/mol. The fraction of sp³-hybridized carbons (Fsp3) is 0.421. The van der Waals surface area contributed by atoms with Crippen molar-refractivity contribution in [3.8, 4) is 0 Å². The van der Waals surface area contributed by atoms with Crippen molar-refractivity contribution in [2.24, 2.45) is 13.0 Å². The molecule has 0 aliphatic carbocycles. The molecule has 1 aromatic heterocycles. The number of nitrogens with one attached hydrogen (secondary N) is 1. The van der Waals surface area contributed by atoms with Crippen LogP contribution in [0.5, 0.6) is 0 Å². The van der Waals surface area contributed by atoms with E-state index in [1.54, 1.807) is 11.1 Å². The molecule has 7 nitrogen and oxygen atoms in total. The van der Waals surface area contributed by atoms with Crippen LogP contribution in [0.25, 0.3) is 0 Å². The van der Waals surface area contributed by atoms with Crippen LogP contribution in [0.3, 0.4) is 0 Å². The van der Waals surface area contributed by atoms with E-state index in [4.69, 9.17) is 0 Å². The van der Waals surface area contributed by atoms with E-state index in [0.29, 0.717) is 19.6 Å². The molecule has 148 valence electrons. The Morgan fingerprint density at radius 1 is 1.25 bits per heavy atom. The predicted octanol–water partition coefficient (Wildman–Crippen LogP) is 1.22. The van der Waals surface area contributed by atoms with Gasteiger partial charge in [0.05, 0.1) is 5.92 Å². The molecule has 28 heavy (non-hydrogen) atoms. The third-order valence-corrected chi connectivity index (χ3v) is 5.32. The van der Waals surface area contributed by atoms with Crippen LogP contribution < -0.4 is 10.2 Å². The topological polar surface area (TPSA) is 70.5 Å². The zero-order valence-electron chi connectivity index (χ0n) is 15.4. The number of rotatable bonds is 3. The molecule has 3 heterocycles. The summed E-state index contributed by atoms with van der Waals surface area (Å²) < 4.78 is 28.9. The monoisotopic (exact) mass is 389 g/mol. The zero-order chi connectivity index (χ0) is 19.8. The maximum Gasteiger partial charge on any atom is 0.228 e. The molecule has 2 saturated heterocycles. The number of anilines is 1. The fourth-order valence-corrected chi connectivity index (χ4v) is 3.95. The van der Waals surface area contributed by atoms with E-state index in [1.165, 1.54) is 4.90 Å². The largest absolute Gasteiger partial charge is 0.336 e. The lowest BCUT2D eigenvalue weighted by Gasteiger charge is -2.37. The van der Waals surface area contributed by atoms with E-state index >= 15 is 0 Å². The summed E-state index contributed by atoms with van der Waals surface area (Å²) in [5.74, 6) is -1.74. The van der Waals surface area contributed by atoms with Crippen molar-refractivity contribution in [1.82, 2.24) is 19.8 Å². The molecule has 0 bridgehead atoms. The summed E-state index contributed by atoms with van der Waals surface area (Å²) in [6, 6.07) is 2.74. The van der Waals surface area contributed by atoms with Crippen LogP contribution >= 0.6 is 0 Å². The number of imidazole rings is 1. The highest BCUT2D eigenvalue weighted by molar-refractivity contribution is 6.00. The number of amides is 2. The SMILES string of the molecule is Cn1ccnc1C1CNCCN1C(=O)C1CC(=O)N(c2cc(F)cc(F)c2)C1. The van der Waals surface area contributed by atoms with Gasteiger partial charge in [-0.2, -0.15) is 0 Å². The van der Waals surface area contributed by atoms with Gasteiger partial charge in [-0.1, -0.05) is 0 Å². The molecule has 2 aliphatic heterocycles. The quantitative estimate of drug-likeness (QED) is 0.857. The van der Waals surface area contributed by atoms with Crippen LogP contribution in [0.4, 0.5) is 14.5 Å². The molecule has 0 saturated carbocycles. The van der Waals surface area contributed by atoms with Gasteiger partial charge >= 0.3 is 0 Å². The fourth-order valence-electron chi connectivity index (χ4n) is 3.95. The van der Waals surface area contributed by atoms with E-state index < -0.39 is 17.6 Å². The molecule has 2 aliphatic rings. The minimum Gasteiger partial charge on any atom is -0.336 e. The number of nitrogens with zero attached hydrogens (tertiary/aromatic N) is 4. The maximum atomic E-state index is 13.5. The van der Waals surface area contributed by atoms with E-state index in [0.717, 1.165) is 24.0 Å². The first-order chi connectivity index (χ1) is 13.4. The molecular weight excluding hydrogens is 368 g/mol. The van der Waals surface area contributed by atoms with Crippen molar-refractivity contribution in [2.45, 2.75) is 12.5 Å². The Kier molecular flexibility index (Phi) is 4.84. The Bertz CT molecular complexity index is 895. The van der Waals surface area contributed by atoms with Crippen molar-refractivity contribution in [3.63, 3.8) is 0 Å². The van der Waals surface area contributed by atoms with Gasteiger partial charge in [-0.25, -0.2) is 13.8 Å². The Morgan fingerprint density at radius 3 is 2.68 bits per heavy atom. The summed E-state index contributed by atoms with van der Waals surface area (Å²) in [7, 11) is 1.87. The summed E-state index contributed by atoms with van der Waals surface area (Å²) in [6.45, 7) is 1.86. The van der Waals surface area contributed by atoms with E-state index in [-0.39, 0.29) is 36.5 Å². The highest BCUT2D eigenvalue weighted by atomic mass is 19.1. The van der Waals surface area contributed by atoms with Crippen LogP contribution in [0.1, 0.15) is 18.3 Å². The van der Waals surface area contributed by atoms with Crippen molar-refractivity contribution in [3.05, 3.63) is 48.1 Å². The highest BCUT2D eigenvalue weighted by Crippen LogP contribution is 2.30. The van der Waals surface area contributed by atoms with E-state index in [9.17, 15) is 18.4 Å². The summed E-state index contributed by atoms with van der Waals surface area (Å²) in [5, 5.41) is 3.27. The van der Waals surface area contributed by atoms with Gasteiger partial charge in [0, 0.05) is 63.8 Å². The molecule has 2 unspecified atom stereocenters. The molecule has 2 amide bonds. The molecular formula is C19H21F2N5O2. The smallest absolute Gasteiger partial charge is 0.228 e. The molecule has 9 heteroatoms. The molecule has 2 fully saturated rings. The molecule has 4 rings (SSSR count). The molecule has 1 aromatic carbocycles.